The molecule has 0 aliphatic heterocycles. The van der Waals surface area contributed by atoms with E-state index in [0.717, 1.165) is 12.1 Å². The Hall–Kier alpha value is -2.57. The number of benzene rings is 1. The molecule has 21 heavy (non-hydrogen) atoms. The fourth-order valence-corrected chi connectivity index (χ4v) is 1.91. The van der Waals surface area contributed by atoms with Crippen molar-refractivity contribution in [3.8, 4) is 11.1 Å². The molecule has 2 aromatic rings. The zero-order valence-corrected chi connectivity index (χ0v) is 10.9. The molecule has 0 saturated heterocycles. The summed E-state index contributed by atoms with van der Waals surface area (Å²) in [5.41, 5.74) is 5.20. The van der Waals surface area contributed by atoms with E-state index in [1.807, 2.05) is 0 Å². The van der Waals surface area contributed by atoms with Gasteiger partial charge in [-0.15, -0.1) is 0 Å². The van der Waals surface area contributed by atoms with Gasteiger partial charge in [-0.1, -0.05) is 12.1 Å². The van der Waals surface area contributed by atoms with Crippen molar-refractivity contribution in [2.45, 2.75) is 6.18 Å². The molecular formula is C14H11F3N2O2. The first-order valence-corrected chi connectivity index (χ1v) is 5.85. The molecular weight excluding hydrogens is 285 g/mol. The molecule has 0 bridgehead atoms. The number of carbonyl (C=O) groups excluding carboxylic acids is 1. The number of aromatic nitrogens is 1. The fraction of sp³-hybridized carbons (Fsp3) is 0.143. The van der Waals surface area contributed by atoms with Crippen molar-refractivity contribution in [2.24, 2.45) is 0 Å². The van der Waals surface area contributed by atoms with Gasteiger partial charge in [-0.05, 0) is 23.8 Å². The Morgan fingerprint density at radius 3 is 2.62 bits per heavy atom. The lowest BCUT2D eigenvalue weighted by molar-refractivity contribution is -0.137. The highest BCUT2D eigenvalue weighted by Gasteiger charge is 2.31. The van der Waals surface area contributed by atoms with Crippen LogP contribution in [0.25, 0.3) is 11.1 Å². The molecule has 2 rings (SSSR count). The molecule has 0 atom stereocenters. The highest BCUT2D eigenvalue weighted by molar-refractivity contribution is 6.00. The molecule has 1 aromatic carbocycles. The number of methoxy groups -OCH3 is 1. The largest absolute Gasteiger partial charge is 0.465 e. The molecule has 0 radical (unpaired) electrons. The monoisotopic (exact) mass is 296 g/mol. The van der Waals surface area contributed by atoms with Crippen LogP contribution in [0.4, 0.5) is 19.0 Å². The molecule has 0 spiro atoms. The number of esters is 1. The first-order chi connectivity index (χ1) is 9.84. The van der Waals surface area contributed by atoms with Crippen LogP contribution in [0.15, 0.2) is 36.5 Å². The number of anilines is 1. The van der Waals surface area contributed by atoms with Gasteiger partial charge < -0.3 is 10.5 Å². The van der Waals surface area contributed by atoms with Crippen molar-refractivity contribution in [3.05, 3.63) is 47.7 Å². The standard InChI is InChI=1S/C14H11F3N2O2/c1-21-13(20)10-5-6-19-12(18)11(10)8-3-2-4-9(7-8)14(15,16)17/h2-7H,1H3,(H2,18,19). The molecule has 0 amide bonds. The van der Waals surface area contributed by atoms with Gasteiger partial charge in [0, 0.05) is 11.8 Å². The molecule has 0 unspecified atom stereocenters. The average Bonchev–Trinajstić information content (AvgIpc) is 2.45. The molecule has 4 nitrogen and oxygen atoms in total. The van der Waals surface area contributed by atoms with Crippen LogP contribution in [0.2, 0.25) is 0 Å². The Morgan fingerprint density at radius 2 is 2.00 bits per heavy atom. The summed E-state index contributed by atoms with van der Waals surface area (Å²) in [5, 5.41) is 0. The maximum absolute atomic E-state index is 12.8. The van der Waals surface area contributed by atoms with Crippen molar-refractivity contribution in [1.82, 2.24) is 4.98 Å². The molecule has 0 aliphatic carbocycles. The summed E-state index contributed by atoms with van der Waals surface area (Å²) in [4.78, 5) is 15.5. The maximum atomic E-state index is 12.8. The molecule has 7 heteroatoms. The molecule has 0 saturated carbocycles. The topological polar surface area (TPSA) is 65.2 Å². The lowest BCUT2D eigenvalue weighted by atomic mass is 9.99. The van der Waals surface area contributed by atoms with E-state index in [0.29, 0.717) is 0 Å². The van der Waals surface area contributed by atoms with Crippen molar-refractivity contribution in [2.75, 3.05) is 12.8 Å². The van der Waals surface area contributed by atoms with Crippen LogP contribution < -0.4 is 5.73 Å². The van der Waals surface area contributed by atoms with Crippen molar-refractivity contribution >= 4 is 11.8 Å². The third-order valence-corrected chi connectivity index (χ3v) is 2.86. The number of pyridine rings is 1. The predicted molar refractivity (Wildman–Crippen MR) is 70.4 cm³/mol. The van der Waals surface area contributed by atoms with Crippen LogP contribution in [0.5, 0.6) is 0 Å². The van der Waals surface area contributed by atoms with Gasteiger partial charge in [0.25, 0.3) is 0 Å². The van der Waals surface area contributed by atoms with Crippen LogP contribution in [0, 0.1) is 0 Å². The van der Waals surface area contributed by atoms with Crippen LogP contribution in [0.1, 0.15) is 15.9 Å². The first-order valence-electron chi connectivity index (χ1n) is 5.85. The number of ether oxygens (including phenoxy) is 1. The Balaban J connectivity index is 2.65. The normalized spacial score (nSPS) is 11.2. The highest BCUT2D eigenvalue weighted by Crippen LogP contribution is 2.34. The van der Waals surface area contributed by atoms with Gasteiger partial charge >= 0.3 is 12.1 Å². The van der Waals surface area contributed by atoms with Crippen LogP contribution >= 0.6 is 0 Å². The van der Waals surface area contributed by atoms with Gasteiger partial charge in [0.05, 0.1) is 18.2 Å². The van der Waals surface area contributed by atoms with E-state index < -0.39 is 17.7 Å². The maximum Gasteiger partial charge on any atom is 0.416 e. The second-order valence-corrected chi connectivity index (χ2v) is 4.19. The van der Waals surface area contributed by atoms with Gasteiger partial charge in [0.15, 0.2) is 0 Å². The summed E-state index contributed by atoms with van der Waals surface area (Å²) in [5.74, 6) is -0.742. The smallest absolute Gasteiger partial charge is 0.416 e. The molecule has 0 aliphatic rings. The van der Waals surface area contributed by atoms with Crippen LogP contribution in [0.3, 0.4) is 0 Å². The Labute approximate surface area is 118 Å². The number of nitrogens with zero attached hydrogens (tertiary/aromatic N) is 1. The Morgan fingerprint density at radius 1 is 1.29 bits per heavy atom. The number of halogens is 3. The van der Waals surface area contributed by atoms with Crippen LogP contribution in [-0.2, 0) is 10.9 Å². The molecule has 110 valence electrons. The van der Waals surface area contributed by atoms with E-state index in [4.69, 9.17) is 5.73 Å². The highest BCUT2D eigenvalue weighted by atomic mass is 19.4. The molecule has 0 fully saturated rings. The third-order valence-electron chi connectivity index (χ3n) is 2.86. The lowest BCUT2D eigenvalue weighted by Crippen LogP contribution is -2.08. The average molecular weight is 296 g/mol. The molecule has 2 N–H and O–H groups in total. The molecule has 1 heterocycles. The fourth-order valence-electron chi connectivity index (χ4n) is 1.91. The summed E-state index contributed by atoms with van der Waals surface area (Å²) < 4.78 is 42.9. The van der Waals surface area contributed by atoms with Gasteiger partial charge in [-0.3, -0.25) is 0 Å². The number of hydrogen-bond donors (Lipinski definition) is 1. The van der Waals surface area contributed by atoms with Gasteiger partial charge in [0.1, 0.15) is 5.82 Å². The lowest BCUT2D eigenvalue weighted by Gasteiger charge is -2.12. The number of nitrogens with two attached hydrogens (primary N) is 1. The van der Waals surface area contributed by atoms with Crippen molar-refractivity contribution in [1.29, 1.82) is 0 Å². The zero-order chi connectivity index (χ0) is 15.6. The quantitative estimate of drug-likeness (QED) is 0.865. The summed E-state index contributed by atoms with van der Waals surface area (Å²) in [6.45, 7) is 0. The van der Waals surface area contributed by atoms with Gasteiger partial charge in [0.2, 0.25) is 0 Å². The third kappa shape index (κ3) is 2.96. The van der Waals surface area contributed by atoms with E-state index in [9.17, 15) is 18.0 Å². The zero-order valence-electron chi connectivity index (χ0n) is 10.9. The number of alkyl halides is 3. The second-order valence-electron chi connectivity index (χ2n) is 4.19. The number of hydrogen-bond acceptors (Lipinski definition) is 4. The van der Waals surface area contributed by atoms with E-state index in [1.54, 1.807) is 0 Å². The first kappa shape index (κ1) is 14.8. The number of rotatable bonds is 2. The summed E-state index contributed by atoms with van der Waals surface area (Å²) >= 11 is 0. The minimum absolute atomic E-state index is 0.0442. The Bertz CT molecular complexity index is 684. The summed E-state index contributed by atoms with van der Waals surface area (Å²) in [6.07, 6.45) is -3.20. The predicted octanol–water partition coefficient (Wildman–Crippen LogP) is 3.14. The minimum Gasteiger partial charge on any atom is -0.465 e. The number of carbonyl (C=O) groups is 1. The van der Waals surface area contributed by atoms with Crippen LogP contribution in [-0.4, -0.2) is 18.1 Å². The summed E-state index contributed by atoms with van der Waals surface area (Å²) in [7, 11) is 1.18. The van der Waals surface area contributed by atoms with E-state index in [1.165, 1.54) is 31.5 Å². The Kier molecular flexibility index (Phi) is 3.84. The second kappa shape index (κ2) is 5.43. The van der Waals surface area contributed by atoms with Gasteiger partial charge in [-0.25, -0.2) is 9.78 Å². The van der Waals surface area contributed by atoms with E-state index in [2.05, 4.69) is 9.72 Å². The minimum atomic E-state index is -4.49. The van der Waals surface area contributed by atoms with E-state index in [-0.39, 0.29) is 22.5 Å². The molecule has 1 aromatic heterocycles. The van der Waals surface area contributed by atoms with E-state index >= 15 is 0 Å². The van der Waals surface area contributed by atoms with Crippen molar-refractivity contribution in [3.63, 3.8) is 0 Å². The summed E-state index contributed by atoms with van der Waals surface area (Å²) in [6, 6.07) is 5.87. The SMILES string of the molecule is COC(=O)c1ccnc(N)c1-c1cccc(C(F)(F)F)c1. The number of nitrogen functional groups attached to an aromatic ring is 1. The van der Waals surface area contributed by atoms with Gasteiger partial charge in [-0.2, -0.15) is 13.2 Å². The van der Waals surface area contributed by atoms with Crippen molar-refractivity contribution < 1.29 is 22.7 Å².